The largest absolute Gasteiger partial charge is 0.481 e. The lowest BCUT2D eigenvalue weighted by Gasteiger charge is -2.18. The normalized spacial score (nSPS) is 25.7. The van der Waals surface area contributed by atoms with Crippen molar-refractivity contribution < 1.29 is 37.4 Å². The van der Waals surface area contributed by atoms with Gasteiger partial charge >= 0.3 is 15.6 Å². The predicted octanol–water partition coefficient (Wildman–Crippen LogP) is -1.46. The van der Waals surface area contributed by atoms with Crippen LogP contribution in [0.3, 0.4) is 0 Å². The van der Waals surface area contributed by atoms with Gasteiger partial charge in [-0.25, -0.2) is 14.1 Å². The van der Waals surface area contributed by atoms with E-state index in [0.29, 0.717) is 0 Å². The first kappa shape index (κ1) is 20.1. The first-order chi connectivity index (χ1) is 12.5. The van der Waals surface area contributed by atoms with E-state index in [0.717, 1.165) is 0 Å². The minimum absolute atomic E-state index is 0.0379. The molecular weight excluding hydrogens is 410 g/mol. The lowest BCUT2D eigenvalue weighted by molar-refractivity contribution is -0.0230. The molecule has 3 rings (SSSR count). The molecule has 8 N–H and O–H groups in total. The molecule has 0 aliphatic carbocycles. The van der Waals surface area contributed by atoms with Crippen LogP contribution in [-0.2, 0) is 22.7 Å². The molecule has 1 aliphatic heterocycles. The maximum Gasteiger partial charge on any atom is 0.481 e. The third-order valence-corrected chi connectivity index (χ3v) is 5.81. The van der Waals surface area contributed by atoms with Gasteiger partial charge in [-0.15, -0.1) is 0 Å². The lowest BCUT2D eigenvalue weighted by Crippen LogP contribution is -2.33. The third-order valence-electron chi connectivity index (χ3n) is 3.66. The summed E-state index contributed by atoms with van der Waals surface area (Å²) in [6.07, 6.45) is -0.121. The molecule has 2 aromatic heterocycles. The summed E-state index contributed by atoms with van der Waals surface area (Å²) >= 11 is 0. The van der Waals surface area contributed by atoms with Crippen LogP contribution in [-0.4, -0.2) is 53.0 Å². The van der Waals surface area contributed by atoms with Crippen LogP contribution in [0.15, 0.2) is 11.1 Å². The summed E-state index contributed by atoms with van der Waals surface area (Å²) in [5.41, 5.74) is 11.1. The zero-order chi connectivity index (χ0) is 20.0. The fraction of sp³-hybridized carbons (Fsp3) is 0.500. The second-order valence-corrected chi connectivity index (χ2v) is 8.47. The number of aromatic amines is 1. The van der Waals surface area contributed by atoms with Crippen molar-refractivity contribution in [2.24, 2.45) is 5.73 Å². The Kier molecular flexibility index (Phi) is 5.24. The molecule has 0 amide bonds. The van der Waals surface area contributed by atoms with Crippen molar-refractivity contribution in [2.45, 2.75) is 24.8 Å². The summed E-state index contributed by atoms with van der Waals surface area (Å²) < 4.78 is 37.4. The average molecular weight is 426 g/mol. The summed E-state index contributed by atoms with van der Waals surface area (Å²) in [6, 6.07) is -0.665. The van der Waals surface area contributed by atoms with Crippen LogP contribution < -0.4 is 17.0 Å². The molecule has 4 atom stereocenters. The van der Waals surface area contributed by atoms with E-state index < -0.39 is 46.2 Å². The second kappa shape index (κ2) is 7.05. The van der Waals surface area contributed by atoms with Crippen molar-refractivity contribution in [2.75, 3.05) is 12.3 Å². The molecule has 3 heterocycles. The quantitative estimate of drug-likeness (QED) is 0.290. The smallest absolute Gasteiger partial charge is 0.369 e. The van der Waals surface area contributed by atoms with E-state index in [9.17, 15) is 18.8 Å². The lowest BCUT2D eigenvalue weighted by atomic mass is 10.1. The molecule has 1 aliphatic rings. The highest BCUT2D eigenvalue weighted by atomic mass is 31.3. The minimum Gasteiger partial charge on any atom is -0.369 e. The molecule has 0 bridgehead atoms. The highest BCUT2D eigenvalue weighted by Crippen LogP contribution is 2.57. The van der Waals surface area contributed by atoms with Gasteiger partial charge in [0.05, 0.1) is 19.0 Å². The van der Waals surface area contributed by atoms with E-state index in [2.05, 4.69) is 23.8 Å². The Morgan fingerprint density at radius 2 is 2.11 bits per heavy atom. The summed E-state index contributed by atoms with van der Waals surface area (Å²) in [7, 11) is -10.2. The second-order valence-electron chi connectivity index (χ2n) is 5.64. The Morgan fingerprint density at radius 3 is 2.78 bits per heavy atom. The standard InChI is InChI=1S/C10H16N6O9P2/c11-4-1-6(16-3-13-7-8(16)14-10(12)15-9(7)17)24-5(4)2-23-27(21,22)25-26(18,19)20/h3-6H,1-2,11H2,(H,21,22)(H2,18,19,20)(H3,12,14,15,17)/t4-,5+,6+/m0/s1. The number of H-pyrrole nitrogens is 1. The maximum atomic E-state index is 11.8. The number of nitrogens with two attached hydrogens (primary N) is 2. The van der Waals surface area contributed by atoms with Crippen LogP contribution in [0.5, 0.6) is 0 Å². The van der Waals surface area contributed by atoms with Crippen molar-refractivity contribution in [3.05, 3.63) is 16.7 Å². The fourth-order valence-corrected chi connectivity index (χ4v) is 4.16. The summed E-state index contributed by atoms with van der Waals surface area (Å²) in [5, 5.41) is 0. The van der Waals surface area contributed by atoms with Gasteiger partial charge in [0.1, 0.15) is 6.23 Å². The molecule has 2 aromatic rings. The van der Waals surface area contributed by atoms with Crippen LogP contribution in [0, 0.1) is 0 Å². The Hall–Kier alpha value is -1.67. The molecule has 1 fully saturated rings. The number of phosphoric acid groups is 2. The Balaban J connectivity index is 1.73. The van der Waals surface area contributed by atoms with Crippen molar-refractivity contribution in [1.29, 1.82) is 0 Å². The van der Waals surface area contributed by atoms with E-state index in [1.54, 1.807) is 0 Å². The summed E-state index contributed by atoms with van der Waals surface area (Å²) in [5.74, 6) is -0.118. The monoisotopic (exact) mass is 426 g/mol. The van der Waals surface area contributed by atoms with Crippen LogP contribution in [0.2, 0.25) is 0 Å². The van der Waals surface area contributed by atoms with Gasteiger partial charge in [-0.1, -0.05) is 0 Å². The molecule has 0 spiro atoms. The molecule has 15 nitrogen and oxygen atoms in total. The number of nitrogens with zero attached hydrogens (tertiary/aromatic N) is 3. The van der Waals surface area contributed by atoms with Crippen molar-refractivity contribution in [3.63, 3.8) is 0 Å². The van der Waals surface area contributed by atoms with Gasteiger partial charge < -0.3 is 30.9 Å². The van der Waals surface area contributed by atoms with Gasteiger partial charge in [0.15, 0.2) is 11.2 Å². The van der Waals surface area contributed by atoms with E-state index in [-0.39, 0.29) is 23.5 Å². The minimum atomic E-state index is -5.23. The Bertz CT molecular complexity index is 1000. The van der Waals surface area contributed by atoms with Gasteiger partial charge in [0, 0.05) is 12.5 Å². The molecular formula is C10H16N6O9P2. The molecule has 0 saturated carbocycles. The average Bonchev–Trinajstić information content (AvgIpc) is 3.06. The third kappa shape index (κ3) is 4.60. The van der Waals surface area contributed by atoms with Gasteiger partial charge in [-0.2, -0.15) is 9.29 Å². The Labute approximate surface area is 150 Å². The van der Waals surface area contributed by atoms with Crippen molar-refractivity contribution >= 4 is 32.8 Å². The number of nitrogen functional groups attached to an aromatic ring is 1. The highest BCUT2D eigenvalue weighted by molar-refractivity contribution is 7.60. The maximum absolute atomic E-state index is 11.8. The molecule has 27 heavy (non-hydrogen) atoms. The zero-order valence-electron chi connectivity index (χ0n) is 13.4. The molecule has 1 unspecified atom stereocenters. The number of nitrogens with one attached hydrogen (secondary N) is 1. The number of aromatic nitrogens is 4. The van der Waals surface area contributed by atoms with Crippen molar-refractivity contribution in [3.8, 4) is 0 Å². The highest BCUT2D eigenvalue weighted by Gasteiger charge is 2.39. The first-order valence-corrected chi connectivity index (χ1v) is 10.4. The molecule has 0 aromatic carbocycles. The summed E-state index contributed by atoms with van der Waals surface area (Å²) in [6.45, 7) is -0.575. The van der Waals surface area contributed by atoms with Crippen LogP contribution in [0.4, 0.5) is 5.95 Å². The first-order valence-electron chi connectivity index (χ1n) is 7.33. The van der Waals surface area contributed by atoms with E-state index in [1.165, 1.54) is 10.9 Å². The summed E-state index contributed by atoms with van der Waals surface area (Å²) in [4.78, 5) is 48.5. The molecule has 17 heteroatoms. The number of anilines is 1. The van der Waals surface area contributed by atoms with Gasteiger partial charge in [-0.05, 0) is 0 Å². The number of imidazole rings is 1. The number of fused-ring (bicyclic) bond motifs is 1. The van der Waals surface area contributed by atoms with Gasteiger partial charge in [0.25, 0.3) is 5.56 Å². The molecule has 0 radical (unpaired) electrons. The van der Waals surface area contributed by atoms with Gasteiger partial charge in [0.2, 0.25) is 5.95 Å². The van der Waals surface area contributed by atoms with Gasteiger partial charge in [-0.3, -0.25) is 18.9 Å². The van der Waals surface area contributed by atoms with Crippen LogP contribution in [0.25, 0.3) is 11.2 Å². The van der Waals surface area contributed by atoms with E-state index in [4.69, 9.17) is 26.0 Å². The van der Waals surface area contributed by atoms with Crippen LogP contribution >= 0.6 is 15.6 Å². The SMILES string of the molecule is Nc1nc2c(ncn2[C@H]2C[C@H](N)[C@@H](COP(=O)(O)OP(=O)(O)O)O2)c(=O)[nH]1. The number of hydrogen-bond donors (Lipinski definition) is 6. The molecule has 150 valence electrons. The fourth-order valence-electron chi connectivity index (χ4n) is 2.56. The van der Waals surface area contributed by atoms with E-state index in [1.807, 2.05) is 0 Å². The number of phosphoric ester groups is 1. The van der Waals surface area contributed by atoms with Crippen molar-refractivity contribution in [1.82, 2.24) is 19.5 Å². The van der Waals surface area contributed by atoms with E-state index >= 15 is 0 Å². The van der Waals surface area contributed by atoms with Crippen LogP contribution in [0.1, 0.15) is 12.6 Å². The number of hydrogen-bond acceptors (Lipinski definition) is 10. The Morgan fingerprint density at radius 1 is 1.41 bits per heavy atom. The molecule has 1 saturated heterocycles. The number of rotatable bonds is 6. The predicted molar refractivity (Wildman–Crippen MR) is 88.0 cm³/mol. The number of ether oxygens (including phenoxy) is 1. The topological polar surface area (TPSA) is 238 Å². The zero-order valence-corrected chi connectivity index (χ0v) is 15.2.